The van der Waals surface area contributed by atoms with Crippen molar-refractivity contribution >= 4 is 64.5 Å². The summed E-state index contributed by atoms with van der Waals surface area (Å²) < 4.78 is 11.4. The summed E-state index contributed by atoms with van der Waals surface area (Å²) in [6, 6.07) is 17.5. The molecule has 8 nitrogen and oxygen atoms in total. The van der Waals surface area contributed by atoms with Gasteiger partial charge in [0.2, 0.25) is 0 Å². The lowest BCUT2D eigenvalue weighted by Gasteiger charge is -2.15. The Morgan fingerprint density at radius 2 is 1.95 bits per heavy atom. The minimum Gasteiger partial charge on any atom is -0.380 e. The van der Waals surface area contributed by atoms with Crippen LogP contribution in [0.4, 0.5) is 0 Å². The van der Waals surface area contributed by atoms with E-state index in [2.05, 4.69) is 42.2 Å². The number of ether oxygens (including phenoxy) is 1. The summed E-state index contributed by atoms with van der Waals surface area (Å²) in [5.74, 6) is 0.594. The van der Waals surface area contributed by atoms with Gasteiger partial charge in [-0.2, -0.15) is 5.10 Å². The molecule has 2 N–H and O–H groups in total. The first kappa shape index (κ1) is 29.2. The van der Waals surface area contributed by atoms with E-state index in [1.165, 1.54) is 23.1 Å². The fraction of sp³-hybridized carbons (Fsp3) is 0.333. The number of thiazole rings is 1. The van der Waals surface area contributed by atoms with Gasteiger partial charge in [0.15, 0.2) is 9.99 Å². The van der Waals surface area contributed by atoms with Crippen LogP contribution in [0.15, 0.2) is 59.1 Å². The molecule has 0 radical (unpaired) electrons. The maximum atomic E-state index is 13.4. The van der Waals surface area contributed by atoms with Crippen LogP contribution in [0.2, 0.25) is 25.7 Å². The number of aryl methyl sites for hydroxylation is 1. The van der Waals surface area contributed by atoms with Gasteiger partial charge in [-0.05, 0) is 23.2 Å². The average Bonchev–Trinajstić information content (AvgIpc) is 3.63. The van der Waals surface area contributed by atoms with Crippen LogP contribution in [-0.2, 0) is 30.6 Å². The number of carbonyl (C=O) groups excluding carboxylic acids is 1. The predicted octanol–water partition coefficient (Wildman–Crippen LogP) is 6.56. The van der Waals surface area contributed by atoms with Gasteiger partial charge < -0.3 is 20.0 Å². The first-order valence-electron chi connectivity index (χ1n) is 13.7. The van der Waals surface area contributed by atoms with Crippen LogP contribution in [0.5, 0.6) is 0 Å². The van der Waals surface area contributed by atoms with Gasteiger partial charge in [0.25, 0.3) is 5.91 Å². The summed E-state index contributed by atoms with van der Waals surface area (Å²) in [7, 11) is 0.738. The number of hydrogen-bond acceptors (Lipinski definition) is 7. The summed E-state index contributed by atoms with van der Waals surface area (Å²) in [5.41, 5.74) is 5.03. The smallest absolute Gasteiger partial charge is 0.268 e. The third-order valence-electron chi connectivity index (χ3n) is 6.97. The Labute approximate surface area is 249 Å². The second-order valence-corrected chi connectivity index (χ2v) is 19.0. The third kappa shape index (κ3) is 6.80. The summed E-state index contributed by atoms with van der Waals surface area (Å²) in [4.78, 5) is 18.2. The molecule has 0 bridgehead atoms. The van der Waals surface area contributed by atoms with Crippen LogP contribution >= 0.6 is 23.1 Å². The molecule has 3 aromatic heterocycles. The molecule has 0 atom stereocenters. The molecule has 0 unspecified atom stereocenters. The maximum absolute atomic E-state index is 13.4. The number of hydrogen-bond donors (Lipinski definition) is 2. The Bertz CT molecular complexity index is 1670. The van der Waals surface area contributed by atoms with Gasteiger partial charge in [-0.25, -0.2) is 4.98 Å². The fourth-order valence-corrected chi connectivity index (χ4v) is 7.56. The molecule has 0 saturated heterocycles. The Morgan fingerprint density at radius 3 is 2.71 bits per heavy atom. The van der Waals surface area contributed by atoms with E-state index >= 15 is 0 Å². The van der Waals surface area contributed by atoms with E-state index in [9.17, 15) is 4.79 Å². The van der Waals surface area contributed by atoms with E-state index in [0.717, 1.165) is 49.6 Å². The van der Waals surface area contributed by atoms with E-state index in [-0.39, 0.29) is 5.91 Å². The molecule has 0 fully saturated rings. The number of aromatic nitrogens is 4. The molecular formula is C30H36N6O2S2Si. The van der Waals surface area contributed by atoms with Crippen LogP contribution in [-0.4, -0.2) is 52.7 Å². The first-order valence-corrected chi connectivity index (χ1v) is 19.2. The SMILES string of the molecule is Cn1c(C(=O)NCc2cccc3c2cnn3CCOCC[Si](C)(C)C)c(C=N)c2sc(SCc3ccccc3)nc21. The molecule has 0 saturated carbocycles. The predicted molar refractivity (Wildman–Crippen MR) is 172 cm³/mol. The van der Waals surface area contributed by atoms with Crippen molar-refractivity contribution < 1.29 is 9.53 Å². The Hall–Kier alpha value is -3.25. The average molecular weight is 605 g/mol. The molecule has 5 rings (SSSR count). The lowest BCUT2D eigenvalue weighted by molar-refractivity contribution is 0.0943. The van der Waals surface area contributed by atoms with Crippen LogP contribution in [0, 0.1) is 5.41 Å². The van der Waals surface area contributed by atoms with Gasteiger partial charge >= 0.3 is 0 Å². The van der Waals surface area contributed by atoms with Gasteiger partial charge in [0.1, 0.15) is 5.69 Å². The second kappa shape index (κ2) is 12.7. The minimum absolute atomic E-state index is 0.227. The standard InChI is InChI=1S/C30H36N6O2S2Si/c1-35-26(23(17-31)27-28(35)34-30(40-27)39-20-21-9-6-5-7-10-21)29(37)32-18-22-11-8-12-25-24(22)19-33-36(25)13-14-38-15-16-41(2,3)4/h5-12,17,19,31H,13-16,18,20H2,1-4H3,(H,32,37). The molecule has 214 valence electrons. The van der Waals surface area contributed by atoms with E-state index in [4.69, 9.17) is 15.1 Å². The monoisotopic (exact) mass is 604 g/mol. The second-order valence-electron chi connectivity index (χ2n) is 11.2. The zero-order valence-corrected chi connectivity index (χ0v) is 26.6. The van der Waals surface area contributed by atoms with Crippen molar-refractivity contribution in [2.75, 3.05) is 13.2 Å². The van der Waals surface area contributed by atoms with Crippen molar-refractivity contribution in [3.63, 3.8) is 0 Å². The Kier molecular flexibility index (Phi) is 9.08. The number of benzene rings is 2. The number of carbonyl (C=O) groups is 1. The number of amides is 1. The van der Waals surface area contributed by atoms with Gasteiger partial charge in [0.05, 0.1) is 29.6 Å². The summed E-state index contributed by atoms with van der Waals surface area (Å²) in [5, 5.41) is 16.7. The van der Waals surface area contributed by atoms with Crippen molar-refractivity contribution in [2.24, 2.45) is 7.05 Å². The first-order chi connectivity index (χ1) is 19.7. The lowest BCUT2D eigenvalue weighted by atomic mass is 10.1. The molecule has 1 amide bonds. The molecule has 11 heteroatoms. The molecule has 41 heavy (non-hydrogen) atoms. The highest BCUT2D eigenvalue weighted by Gasteiger charge is 2.23. The topological polar surface area (TPSA) is 97.8 Å². The van der Waals surface area contributed by atoms with Gasteiger partial charge in [0, 0.05) is 51.2 Å². The maximum Gasteiger partial charge on any atom is 0.268 e. The van der Waals surface area contributed by atoms with Crippen LogP contribution < -0.4 is 5.32 Å². The van der Waals surface area contributed by atoms with Crippen molar-refractivity contribution in [1.29, 1.82) is 5.41 Å². The molecule has 2 aromatic carbocycles. The zero-order valence-electron chi connectivity index (χ0n) is 23.9. The summed E-state index contributed by atoms with van der Waals surface area (Å²) in [6.07, 6.45) is 3.12. The quantitative estimate of drug-likeness (QED) is 0.0687. The molecule has 5 aromatic rings. The summed E-state index contributed by atoms with van der Waals surface area (Å²) >= 11 is 3.20. The fourth-order valence-electron chi connectivity index (χ4n) is 4.67. The van der Waals surface area contributed by atoms with E-state index < -0.39 is 8.07 Å². The number of nitrogens with one attached hydrogen (secondary N) is 2. The summed E-state index contributed by atoms with van der Waals surface area (Å²) in [6.45, 7) is 9.52. The zero-order chi connectivity index (χ0) is 29.0. The van der Waals surface area contributed by atoms with Crippen LogP contribution in [0.1, 0.15) is 27.2 Å². The van der Waals surface area contributed by atoms with Gasteiger partial charge in [-0.3, -0.25) is 9.48 Å². The Morgan fingerprint density at radius 1 is 1.15 bits per heavy atom. The third-order valence-corrected chi connectivity index (χ3v) is 11.0. The lowest BCUT2D eigenvalue weighted by Crippen LogP contribution is -2.26. The molecule has 0 aliphatic rings. The van der Waals surface area contributed by atoms with E-state index in [0.29, 0.717) is 31.0 Å². The molecular weight excluding hydrogens is 569 g/mol. The van der Waals surface area contributed by atoms with Crippen molar-refractivity contribution in [2.45, 2.75) is 48.9 Å². The largest absolute Gasteiger partial charge is 0.380 e. The van der Waals surface area contributed by atoms with E-state index in [1.807, 2.05) is 54.3 Å². The van der Waals surface area contributed by atoms with Crippen molar-refractivity contribution in [1.82, 2.24) is 24.6 Å². The minimum atomic E-state index is -1.10. The van der Waals surface area contributed by atoms with Crippen LogP contribution in [0.3, 0.4) is 0 Å². The number of thioether (sulfide) groups is 1. The number of rotatable bonds is 13. The van der Waals surface area contributed by atoms with Crippen LogP contribution in [0.25, 0.3) is 21.3 Å². The molecule has 0 spiro atoms. The van der Waals surface area contributed by atoms with Gasteiger partial charge in [-0.15, -0.1) is 11.3 Å². The Balaban J connectivity index is 1.25. The molecule has 3 heterocycles. The number of fused-ring (bicyclic) bond motifs is 2. The highest BCUT2D eigenvalue weighted by atomic mass is 32.2. The number of nitrogens with zero attached hydrogens (tertiary/aromatic N) is 4. The highest BCUT2D eigenvalue weighted by molar-refractivity contribution is 8.00. The highest BCUT2D eigenvalue weighted by Crippen LogP contribution is 2.35. The normalized spacial score (nSPS) is 11.9. The van der Waals surface area contributed by atoms with Gasteiger partial charge in [-0.1, -0.05) is 73.9 Å². The molecule has 0 aliphatic heterocycles. The van der Waals surface area contributed by atoms with Crippen molar-refractivity contribution in [3.05, 3.63) is 77.1 Å². The van der Waals surface area contributed by atoms with E-state index in [1.54, 1.807) is 16.3 Å². The van der Waals surface area contributed by atoms with Crippen molar-refractivity contribution in [3.8, 4) is 0 Å². The molecule has 0 aliphatic carbocycles.